The monoisotopic (exact) mass is 250 g/mol. The number of amides is 2. The molecule has 1 aliphatic rings. The maximum Gasteiger partial charge on any atom is 0.408 e. The molecule has 1 aromatic rings. The number of rotatable bonds is 2. The van der Waals surface area contributed by atoms with E-state index >= 15 is 0 Å². The number of hydrogen-bond acceptors (Lipinski definition) is 3. The fourth-order valence-corrected chi connectivity index (χ4v) is 2.38. The van der Waals surface area contributed by atoms with Crippen LogP contribution in [0.1, 0.15) is 24.4 Å². The van der Waals surface area contributed by atoms with Crippen molar-refractivity contribution in [3.8, 4) is 5.75 Å². The van der Waals surface area contributed by atoms with Gasteiger partial charge in [-0.25, -0.2) is 4.79 Å². The zero-order valence-corrected chi connectivity index (χ0v) is 9.61. The van der Waals surface area contributed by atoms with Crippen molar-refractivity contribution in [1.29, 1.82) is 0 Å². The van der Waals surface area contributed by atoms with Crippen LogP contribution < -0.4 is 5.73 Å². The number of benzene rings is 1. The number of carbonyl (C=O) groups is 2. The van der Waals surface area contributed by atoms with Gasteiger partial charge in [-0.15, -0.1) is 0 Å². The summed E-state index contributed by atoms with van der Waals surface area (Å²) in [6.07, 6.45) is -0.188. The molecule has 0 spiro atoms. The Morgan fingerprint density at radius 3 is 2.33 bits per heavy atom. The standard InChI is InChI=1S/C12H14N2O4/c13-11(16)10-6-5-9(14(10)12(17)18)7-1-3-8(15)4-2-7/h1-4,9-10,15H,5-6H2,(H2,13,16)(H,17,18)/t9-,10+/m0/s1. The highest BCUT2D eigenvalue weighted by atomic mass is 16.4. The first-order valence-corrected chi connectivity index (χ1v) is 5.60. The summed E-state index contributed by atoms with van der Waals surface area (Å²) < 4.78 is 0. The topological polar surface area (TPSA) is 104 Å². The predicted molar refractivity (Wildman–Crippen MR) is 62.9 cm³/mol. The van der Waals surface area contributed by atoms with Crippen LogP contribution in [-0.2, 0) is 4.79 Å². The van der Waals surface area contributed by atoms with Crippen LogP contribution in [0.15, 0.2) is 24.3 Å². The highest BCUT2D eigenvalue weighted by molar-refractivity contribution is 5.84. The number of nitrogens with zero attached hydrogens (tertiary/aromatic N) is 1. The molecule has 0 radical (unpaired) electrons. The molecule has 0 unspecified atom stereocenters. The van der Waals surface area contributed by atoms with Crippen LogP contribution in [0.3, 0.4) is 0 Å². The quantitative estimate of drug-likeness (QED) is 0.730. The Bertz CT molecular complexity index is 471. The molecule has 0 aliphatic carbocycles. The van der Waals surface area contributed by atoms with Gasteiger partial charge in [0, 0.05) is 0 Å². The van der Waals surface area contributed by atoms with Crippen molar-refractivity contribution >= 4 is 12.0 Å². The van der Waals surface area contributed by atoms with Crippen molar-refractivity contribution in [2.75, 3.05) is 0 Å². The van der Waals surface area contributed by atoms with Crippen LogP contribution >= 0.6 is 0 Å². The van der Waals surface area contributed by atoms with Crippen molar-refractivity contribution in [2.45, 2.75) is 24.9 Å². The van der Waals surface area contributed by atoms with E-state index in [-0.39, 0.29) is 11.8 Å². The van der Waals surface area contributed by atoms with Gasteiger partial charge in [-0.2, -0.15) is 0 Å². The molecule has 1 heterocycles. The number of hydrogen-bond donors (Lipinski definition) is 3. The first-order valence-electron chi connectivity index (χ1n) is 5.60. The second-order valence-corrected chi connectivity index (χ2v) is 4.29. The van der Waals surface area contributed by atoms with Gasteiger partial charge in [-0.05, 0) is 30.5 Å². The van der Waals surface area contributed by atoms with Crippen molar-refractivity contribution in [2.24, 2.45) is 5.73 Å². The second-order valence-electron chi connectivity index (χ2n) is 4.29. The molecule has 1 saturated heterocycles. The summed E-state index contributed by atoms with van der Waals surface area (Å²) in [6.45, 7) is 0. The molecule has 18 heavy (non-hydrogen) atoms. The minimum Gasteiger partial charge on any atom is -0.508 e. The van der Waals surface area contributed by atoms with Gasteiger partial charge in [-0.1, -0.05) is 12.1 Å². The molecule has 96 valence electrons. The van der Waals surface area contributed by atoms with Crippen molar-refractivity contribution < 1.29 is 19.8 Å². The lowest BCUT2D eigenvalue weighted by Gasteiger charge is -2.26. The fourth-order valence-electron chi connectivity index (χ4n) is 2.38. The molecule has 2 rings (SSSR count). The number of primary amides is 1. The summed E-state index contributed by atoms with van der Waals surface area (Å²) in [5, 5.41) is 18.4. The van der Waals surface area contributed by atoms with Crippen molar-refractivity contribution in [3.63, 3.8) is 0 Å². The zero-order chi connectivity index (χ0) is 13.3. The molecule has 1 aromatic carbocycles. The number of carbonyl (C=O) groups excluding carboxylic acids is 1. The maximum atomic E-state index is 11.2. The largest absolute Gasteiger partial charge is 0.508 e. The third kappa shape index (κ3) is 2.09. The summed E-state index contributed by atoms with van der Waals surface area (Å²) in [6, 6.07) is 5.13. The number of likely N-dealkylation sites (tertiary alicyclic amines) is 1. The maximum absolute atomic E-state index is 11.2. The minimum atomic E-state index is -1.16. The number of nitrogens with two attached hydrogens (primary N) is 1. The third-order valence-corrected chi connectivity index (χ3v) is 3.21. The zero-order valence-electron chi connectivity index (χ0n) is 9.61. The Balaban J connectivity index is 2.30. The Morgan fingerprint density at radius 2 is 1.83 bits per heavy atom. The average molecular weight is 250 g/mol. The number of phenols is 1. The molecule has 4 N–H and O–H groups in total. The first-order chi connectivity index (χ1) is 8.50. The lowest BCUT2D eigenvalue weighted by molar-refractivity contribution is -0.122. The summed E-state index contributed by atoms with van der Waals surface area (Å²) in [7, 11) is 0. The Kier molecular flexibility index (Phi) is 3.10. The van der Waals surface area contributed by atoms with Gasteiger partial charge in [0.1, 0.15) is 11.8 Å². The molecular formula is C12H14N2O4. The van der Waals surface area contributed by atoms with E-state index in [1.165, 1.54) is 12.1 Å². The van der Waals surface area contributed by atoms with Crippen LogP contribution in [0.4, 0.5) is 4.79 Å². The molecule has 2 amide bonds. The van der Waals surface area contributed by atoms with Crippen LogP contribution in [0.5, 0.6) is 5.75 Å². The molecular weight excluding hydrogens is 236 g/mol. The SMILES string of the molecule is NC(=O)[C@H]1CC[C@@H](c2ccc(O)cc2)N1C(=O)O. The average Bonchev–Trinajstić information content (AvgIpc) is 2.74. The smallest absolute Gasteiger partial charge is 0.408 e. The number of carboxylic acid groups (broad SMARTS) is 1. The summed E-state index contributed by atoms with van der Waals surface area (Å²) in [5.41, 5.74) is 5.96. The van der Waals surface area contributed by atoms with E-state index in [4.69, 9.17) is 5.73 Å². The van der Waals surface area contributed by atoms with E-state index in [2.05, 4.69) is 0 Å². The summed E-state index contributed by atoms with van der Waals surface area (Å²) in [4.78, 5) is 23.6. The Labute approximate surface area is 104 Å². The van der Waals surface area contributed by atoms with E-state index in [9.17, 15) is 19.8 Å². The van der Waals surface area contributed by atoms with E-state index in [1.807, 2.05) is 0 Å². The van der Waals surface area contributed by atoms with Crippen LogP contribution in [0.25, 0.3) is 0 Å². The molecule has 0 aromatic heterocycles. The second kappa shape index (κ2) is 4.56. The molecule has 6 nitrogen and oxygen atoms in total. The van der Waals surface area contributed by atoms with Crippen LogP contribution in [0, 0.1) is 0 Å². The summed E-state index contributed by atoms with van der Waals surface area (Å²) in [5.74, 6) is -0.510. The van der Waals surface area contributed by atoms with Crippen molar-refractivity contribution in [3.05, 3.63) is 29.8 Å². The predicted octanol–water partition coefficient (Wildman–Crippen LogP) is 1.06. The molecule has 6 heteroatoms. The Morgan fingerprint density at radius 1 is 1.22 bits per heavy atom. The molecule has 1 aliphatic heterocycles. The summed E-state index contributed by atoms with van der Waals surface area (Å²) >= 11 is 0. The lowest BCUT2D eigenvalue weighted by atomic mass is 10.0. The van der Waals surface area contributed by atoms with E-state index in [1.54, 1.807) is 12.1 Å². The van der Waals surface area contributed by atoms with Gasteiger partial charge in [0.15, 0.2) is 0 Å². The van der Waals surface area contributed by atoms with E-state index < -0.39 is 18.0 Å². The Hall–Kier alpha value is -2.24. The molecule has 0 bridgehead atoms. The van der Waals surface area contributed by atoms with Crippen molar-refractivity contribution in [1.82, 2.24) is 4.90 Å². The number of phenolic OH excluding ortho intramolecular Hbond substituents is 1. The third-order valence-electron chi connectivity index (χ3n) is 3.21. The highest BCUT2D eigenvalue weighted by Crippen LogP contribution is 2.36. The van der Waals surface area contributed by atoms with E-state index in [0.717, 1.165) is 10.5 Å². The van der Waals surface area contributed by atoms with Gasteiger partial charge in [0.05, 0.1) is 6.04 Å². The van der Waals surface area contributed by atoms with Crippen LogP contribution in [-0.4, -0.2) is 33.2 Å². The first kappa shape index (κ1) is 12.2. The molecule has 0 saturated carbocycles. The fraction of sp³-hybridized carbons (Fsp3) is 0.333. The van der Waals surface area contributed by atoms with Gasteiger partial charge < -0.3 is 15.9 Å². The number of aromatic hydroxyl groups is 1. The molecule has 2 atom stereocenters. The van der Waals surface area contributed by atoms with Gasteiger partial charge in [0.25, 0.3) is 0 Å². The lowest BCUT2D eigenvalue weighted by Crippen LogP contribution is -2.44. The highest BCUT2D eigenvalue weighted by Gasteiger charge is 2.40. The molecule has 1 fully saturated rings. The van der Waals surface area contributed by atoms with Gasteiger partial charge >= 0.3 is 6.09 Å². The van der Waals surface area contributed by atoms with Gasteiger partial charge in [0.2, 0.25) is 5.91 Å². The normalized spacial score (nSPS) is 23.0. The van der Waals surface area contributed by atoms with Gasteiger partial charge in [-0.3, -0.25) is 9.69 Å². The van der Waals surface area contributed by atoms with Crippen LogP contribution in [0.2, 0.25) is 0 Å². The van der Waals surface area contributed by atoms with E-state index in [0.29, 0.717) is 12.8 Å². The minimum absolute atomic E-state index is 0.116.